The Morgan fingerprint density at radius 1 is 1.13 bits per heavy atom. The summed E-state index contributed by atoms with van der Waals surface area (Å²) in [5.41, 5.74) is 0. The normalized spacial score (nSPS) is 17.6. The van der Waals surface area contributed by atoms with Crippen molar-refractivity contribution in [3.63, 3.8) is 0 Å². The largest absolute Gasteiger partial charge is 0.492 e. The molecule has 0 radical (unpaired) electrons. The highest BCUT2D eigenvalue weighted by Gasteiger charge is 2.09. The SMILES string of the molecule is c1cc(OCCN2CCCCC2)ccn1. The smallest absolute Gasteiger partial charge is 0.122 e. The maximum Gasteiger partial charge on any atom is 0.122 e. The van der Waals surface area contributed by atoms with Gasteiger partial charge in [-0.3, -0.25) is 9.88 Å². The average Bonchev–Trinajstić information content (AvgIpc) is 2.32. The first-order valence-corrected chi connectivity index (χ1v) is 5.70. The summed E-state index contributed by atoms with van der Waals surface area (Å²) in [4.78, 5) is 6.43. The zero-order valence-corrected chi connectivity index (χ0v) is 9.06. The number of hydrogen-bond acceptors (Lipinski definition) is 3. The highest BCUT2D eigenvalue weighted by atomic mass is 16.5. The predicted octanol–water partition coefficient (Wildman–Crippen LogP) is 1.95. The van der Waals surface area contributed by atoms with Crippen molar-refractivity contribution in [1.82, 2.24) is 9.88 Å². The van der Waals surface area contributed by atoms with Crippen molar-refractivity contribution >= 4 is 0 Å². The summed E-state index contributed by atoms with van der Waals surface area (Å²) in [6.45, 7) is 4.30. The molecule has 1 saturated heterocycles. The molecule has 3 nitrogen and oxygen atoms in total. The van der Waals surface area contributed by atoms with E-state index in [1.165, 1.54) is 32.4 Å². The van der Waals surface area contributed by atoms with Crippen molar-refractivity contribution in [2.24, 2.45) is 0 Å². The van der Waals surface area contributed by atoms with Crippen LogP contribution in [-0.4, -0.2) is 36.1 Å². The number of hydrogen-bond donors (Lipinski definition) is 0. The van der Waals surface area contributed by atoms with Crippen LogP contribution in [0.2, 0.25) is 0 Å². The Hall–Kier alpha value is -1.09. The van der Waals surface area contributed by atoms with E-state index in [9.17, 15) is 0 Å². The summed E-state index contributed by atoms with van der Waals surface area (Å²) in [6, 6.07) is 3.80. The Bertz CT molecular complexity index is 270. The lowest BCUT2D eigenvalue weighted by Crippen LogP contribution is -2.33. The van der Waals surface area contributed by atoms with Gasteiger partial charge in [-0.1, -0.05) is 6.42 Å². The molecule has 1 aliphatic heterocycles. The Morgan fingerprint density at radius 3 is 2.60 bits per heavy atom. The fourth-order valence-electron chi connectivity index (χ4n) is 1.91. The standard InChI is InChI=1S/C12H18N2O/c1-2-8-14(9-3-1)10-11-15-12-4-6-13-7-5-12/h4-7H,1-3,8-11H2. The van der Waals surface area contributed by atoms with E-state index in [0.717, 1.165) is 18.9 Å². The Morgan fingerprint density at radius 2 is 1.87 bits per heavy atom. The molecular weight excluding hydrogens is 188 g/mol. The van der Waals surface area contributed by atoms with Crippen LogP contribution in [0.15, 0.2) is 24.5 Å². The molecule has 15 heavy (non-hydrogen) atoms. The lowest BCUT2D eigenvalue weighted by Gasteiger charge is -2.26. The van der Waals surface area contributed by atoms with Crippen LogP contribution in [0.25, 0.3) is 0 Å². The van der Waals surface area contributed by atoms with Crippen LogP contribution in [-0.2, 0) is 0 Å². The molecule has 0 saturated carbocycles. The highest BCUT2D eigenvalue weighted by Crippen LogP contribution is 2.09. The van der Waals surface area contributed by atoms with Gasteiger partial charge in [-0.2, -0.15) is 0 Å². The molecule has 0 aliphatic carbocycles. The first-order chi connectivity index (χ1) is 7.45. The zero-order valence-electron chi connectivity index (χ0n) is 9.06. The van der Waals surface area contributed by atoms with E-state index < -0.39 is 0 Å². The molecule has 1 aliphatic rings. The quantitative estimate of drug-likeness (QED) is 0.753. The summed E-state index contributed by atoms with van der Waals surface area (Å²) < 4.78 is 5.63. The second-order valence-electron chi connectivity index (χ2n) is 3.93. The monoisotopic (exact) mass is 206 g/mol. The number of rotatable bonds is 4. The van der Waals surface area contributed by atoms with E-state index in [-0.39, 0.29) is 0 Å². The van der Waals surface area contributed by atoms with Gasteiger partial charge in [-0.05, 0) is 38.1 Å². The fraction of sp³-hybridized carbons (Fsp3) is 0.583. The number of ether oxygens (including phenoxy) is 1. The van der Waals surface area contributed by atoms with E-state index >= 15 is 0 Å². The minimum atomic E-state index is 0.782. The first kappa shape index (κ1) is 10.4. The summed E-state index contributed by atoms with van der Waals surface area (Å²) >= 11 is 0. The van der Waals surface area contributed by atoms with Gasteiger partial charge in [-0.25, -0.2) is 0 Å². The summed E-state index contributed by atoms with van der Waals surface area (Å²) in [5.74, 6) is 0.919. The van der Waals surface area contributed by atoms with Crippen molar-refractivity contribution in [1.29, 1.82) is 0 Å². The molecular formula is C12H18N2O. The summed E-state index contributed by atoms with van der Waals surface area (Å²) in [6.07, 6.45) is 7.60. The van der Waals surface area contributed by atoms with Crippen LogP contribution in [0.3, 0.4) is 0 Å². The van der Waals surface area contributed by atoms with Gasteiger partial charge in [0.05, 0.1) is 0 Å². The molecule has 0 bridgehead atoms. The van der Waals surface area contributed by atoms with Gasteiger partial charge in [0.25, 0.3) is 0 Å². The minimum Gasteiger partial charge on any atom is -0.492 e. The topological polar surface area (TPSA) is 25.4 Å². The zero-order chi connectivity index (χ0) is 10.3. The lowest BCUT2D eigenvalue weighted by atomic mass is 10.1. The molecule has 0 amide bonds. The molecule has 2 rings (SSSR count). The van der Waals surface area contributed by atoms with E-state index in [2.05, 4.69) is 9.88 Å². The maximum atomic E-state index is 5.63. The van der Waals surface area contributed by atoms with Crippen LogP contribution >= 0.6 is 0 Å². The number of aromatic nitrogens is 1. The van der Waals surface area contributed by atoms with Gasteiger partial charge >= 0.3 is 0 Å². The van der Waals surface area contributed by atoms with Crippen LogP contribution in [0.5, 0.6) is 5.75 Å². The number of piperidine rings is 1. The van der Waals surface area contributed by atoms with E-state index in [4.69, 9.17) is 4.74 Å². The molecule has 0 unspecified atom stereocenters. The molecule has 1 fully saturated rings. The van der Waals surface area contributed by atoms with Crippen LogP contribution in [0.1, 0.15) is 19.3 Å². The summed E-state index contributed by atoms with van der Waals surface area (Å²) in [7, 11) is 0. The molecule has 0 N–H and O–H groups in total. The molecule has 1 aromatic rings. The van der Waals surface area contributed by atoms with Crippen molar-refractivity contribution in [2.45, 2.75) is 19.3 Å². The highest BCUT2D eigenvalue weighted by molar-refractivity contribution is 5.16. The van der Waals surface area contributed by atoms with Crippen molar-refractivity contribution in [3.8, 4) is 5.75 Å². The van der Waals surface area contributed by atoms with Crippen molar-refractivity contribution in [3.05, 3.63) is 24.5 Å². The third-order valence-corrected chi connectivity index (χ3v) is 2.77. The molecule has 0 aromatic carbocycles. The maximum absolute atomic E-state index is 5.63. The van der Waals surface area contributed by atoms with Gasteiger partial charge in [0.15, 0.2) is 0 Å². The van der Waals surface area contributed by atoms with Gasteiger partial charge in [0.1, 0.15) is 12.4 Å². The van der Waals surface area contributed by atoms with Crippen LogP contribution in [0.4, 0.5) is 0 Å². The minimum absolute atomic E-state index is 0.782. The van der Waals surface area contributed by atoms with Gasteiger partial charge < -0.3 is 4.74 Å². The Kier molecular flexibility index (Phi) is 3.97. The molecule has 0 spiro atoms. The van der Waals surface area contributed by atoms with Crippen molar-refractivity contribution in [2.75, 3.05) is 26.2 Å². The van der Waals surface area contributed by atoms with E-state index in [0.29, 0.717) is 0 Å². The molecule has 0 atom stereocenters. The van der Waals surface area contributed by atoms with Crippen LogP contribution in [0, 0.1) is 0 Å². The van der Waals surface area contributed by atoms with E-state index in [1.54, 1.807) is 12.4 Å². The van der Waals surface area contributed by atoms with Crippen molar-refractivity contribution < 1.29 is 4.74 Å². The third kappa shape index (κ3) is 3.51. The number of pyridine rings is 1. The lowest BCUT2D eigenvalue weighted by molar-refractivity contribution is 0.183. The number of likely N-dealkylation sites (tertiary alicyclic amines) is 1. The fourth-order valence-corrected chi connectivity index (χ4v) is 1.91. The number of nitrogens with zero attached hydrogens (tertiary/aromatic N) is 2. The summed E-state index contributed by atoms with van der Waals surface area (Å²) in [5, 5.41) is 0. The Labute approximate surface area is 91.1 Å². The molecule has 2 heterocycles. The first-order valence-electron chi connectivity index (χ1n) is 5.70. The van der Waals surface area contributed by atoms with Crippen LogP contribution < -0.4 is 4.74 Å². The van der Waals surface area contributed by atoms with Gasteiger partial charge in [0.2, 0.25) is 0 Å². The third-order valence-electron chi connectivity index (χ3n) is 2.77. The average molecular weight is 206 g/mol. The second kappa shape index (κ2) is 5.71. The predicted molar refractivity (Wildman–Crippen MR) is 60.0 cm³/mol. The van der Waals surface area contributed by atoms with Gasteiger partial charge in [-0.15, -0.1) is 0 Å². The van der Waals surface area contributed by atoms with E-state index in [1.807, 2.05) is 12.1 Å². The molecule has 82 valence electrons. The molecule has 3 heteroatoms. The molecule has 1 aromatic heterocycles. The van der Waals surface area contributed by atoms with Gasteiger partial charge in [0, 0.05) is 18.9 Å². The second-order valence-corrected chi connectivity index (χ2v) is 3.93. The Balaban J connectivity index is 1.66.